The zero-order valence-electron chi connectivity index (χ0n) is 11.5. The molecule has 17 heavy (non-hydrogen) atoms. The third-order valence-corrected chi connectivity index (χ3v) is 8.72. The fourth-order valence-electron chi connectivity index (χ4n) is 2.65. The Kier molecular flexibility index (Phi) is 4.42. The molecule has 0 N–H and O–H groups in total. The third kappa shape index (κ3) is 2.65. The van der Waals surface area contributed by atoms with Crippen molar-refractivity contribution in [2.45, 2.75) is 53.4 Å². The standard InChI is InChI=1S/2C8H11.Zr/c2*1-3-8-5-4-7(2)6-8;/h2*5H,3-4H2,1-2H3;. The molecule has 0 amide bonds. The first-order chi connectivity index (χ1) is 8.17. The normalized spacial score (nSPS) is 20.0. The topological polar surface area (TPSA) is 0 Å². The van der Waals surface area contributed by atoms with E-state index >= 15 is 0 Å². The molecule has 0 bridgehead atoms. The number of rotatable bonds is 4. The van der Waals surface area contributed by atoms with E-state index in [2.05, 4.69) is 39.8 Å². The average Bonchev–Trinajstić information content (AvgIpc) is 2.85. The molecule has 0 nitrogen and oxygen atoms in total. The molecular weight excluding hydrogens is 283 g/mol. The molecule has 0 unspecified atom stereocenters. The van der Waals surface area contributed by atoms with Crippen molar-refractivity contribution in [1.29, 1.82) is 0 Å². The van der Waals surface area contributed by atoms with Crippen LogP contribution >= 0.6 is 0 Å². The van der Waals surface area contributed by atoms with Crippen LogP contribution in [0.25, 0.3) is 0 Å². The van der Waals surface area contributed by atoms with E-state index in [0.29, 0.717) is 0 Å². The monoisotopic (exact) mass is 304 g/mol. The van der Waals surface area contributed by atoms with Gasteiger partial charge in [0.1, 0.15) is 0 Å². The van der Waals surface area contributed by atoms with Crippen LogP contribution < -0.4 is 0 Å². The third-order valence-electron chi connectivity index (χ3n) is 3.82. The van der Waals surface area contributed by atoms with Crippen molar-refractivity contribution < 1.29 is 23.2 Å². The van der Waals surface area contributed by atoms with E-state index < -0.39 is 23.2 Å². The molecule has 0 saturated heterocycles. The van der Waals surface area contributed by atoms with Crippen LogP contribution in [-0.4, -0.2) is 0 Å². The van der Waals surface area contributed by atoms with Gasteiger partial charge in [-0.05, 0) is 0 Å². The van der Waals surface area contributed by atoms with E-state index in [1.807, 2.05) is 0 Å². The second-order valence-electron chi connectivity index (χ2n) is 5.01. The van der Waals surface area contributed by atoms with Crippen LogP contribution in [0.4, 0.5) is 0 Å². The average molecular weight is 306 g/mol. The molecule has 0 spiro atoms. The minimum atomic E-state index is -0.539. The van der Waals surface area contributed by atoms with Crippen molar-refractivity contribution in [3.05, 3.63) is 41.0 Å². The van der Waals surface area contributed by atoms with Crippen LogP contribution in [0.5, 0.6) is 0 Å². The van der Waals surface area contributed by atoms with Gasteiger partial charge in [0.2, 0.25) is 0 Å². The van der Waals surface area contributed by atoms with Crippen molar-refractivity contribution in [2.75, 3.05) is 0 Å². The van der Waals surface area contributed by atoms with E-state index in [9.17, 15) is 0 Å². The van der Waals surface area contributed by atoms with Crippen molar-refractivity contribution in [3.8, 4) is 0 Å². The molecule has 2 aliphatic carbocycles. The molecule has 0 aromatic heterocycles. The van der Waals surface area contributed by atoms with Crippen LogP contribution in [-0.2, 0) is 23.2 Å². The first kappa shape index (κ1) is 13.3. The SMILES string of the molecule is CCC1=CCC(C)=[C]1[Zr][C]1=C(C)CC=C1CC. The van der Waals surface area contributed by atoms with Crippen molar-refractivity contribution in [1.82, 2.24) is 0 Å². The maximum atomic E-state index is 2.46. The van der Waals surface area contributed by atoms with Crippen LogP contribution in [0.1, 0.15) is 53.4 Å². The van der Waals surface area contributed by atoms with E-state index in [0.717, 1.165) is 0 Å². The summed E-state index contributed by atoms with van der Waals surface area (Å²) in [5.41, 5.74) is 6.65. The van der Waals surface area contributed by atoms with Gasteiger partial charge in [-0.15, -0.1) is 0 Å². The van der Waals surface area contributed by atoms with E-state index in [1.165, 1.54) is 25.7 Å². The van der Waals surface area contributed by atoms with Gasteiger partial charge < -0.3 is 0 Å². The Balaban J connectivity index is 2.22. The summed E-state index contributed by atoms with van der Waals surface area (Å²) >= 11 is -0.539. The molecule has 1 heteroatoms. The zero-order valence-corrected chi connectivity index (χ0v) is 13.9. The summed E-state index contributed by atoms with van der Waals surface area (Å²) in [6, 6.07) is 0. The second kappa shape index (κ2) is 5.66. The molecule has 2 aliphatic rings. The molecule has 0 radical (unpaired) electrons. The van der Waals surface area contributed by atoms with E-state index in [-0.39, 0.29) is 0 Å². The Morgan fingerprint density at radius 1 is 0.882 bits per heavy atom. The summed E-state index contributed by atoms with van der Waals surface area (Å²) in [4.78, 5) is 0. The summed E-state index contributed by atoms with van der Waals surface area (Å²) in [6.45, 7) is 9.29. The summed E-state index contributed by atoms with van der Waals surface area (Å²) < 4.78 is 3.60. The van der Waals surface area contributed by atoms with Gasteiger partial charge in [0.25, 0.3) is 0 Å². The van der Waals surface area contributed by atoms with Crippen molar-refractivity contribution >= 4 is 0 Å². The Bertz CT molecular complexity index is 402. The molecule has 0 aromatic carbocycles. The quantitative estimate of drug-likeness (QED) is 0.678. The van der Waals surface area contributed by atoms with Crippen LogP contribution in [0.15, 0.2) is 41.0 Å². The van der Waals surface area contributed by atoms with Gasteiger partial charge in [-0.1, -0.05) is 0 Å². The van der Waals surface area contributed by atoms with Crippen LogP contribution in [0.2, 0.25) is 0 Å². The number of allylic oxidation sites excluding steroid dienone is 8. The van der Waals surface area contributed by atoms with Gasteiger partial charge in [-0.3, -0.25) is 0 Å². The molecule has 2 rings (SSSR count). The molecule has 0 atom stereocenters. The van der Waals surface area contributed by atoms with Gasteiger partial charge in [0.05, 0.1) is 0 Å². The summed E-state index contributed by atoms with van der Waals surface area (Å²) in [7, 11) is 0. The maximum absolute atomic E-state index is 2.46. The number of hydrogen-bond donors (Lipinski definition) is 0. The molecule has 0 aliphatic heterocycles. The number of hydrogen-bond acceptors (Lipinski definition) is 0. The second-order valence-corrected chi connectivity index (χ2v) is 8.08. The fourth-order valence-corrected chi connectivity index (χ4v) is 6.98. The van der Waals surface area contributed by atoms with Gasteiger partial charge in [-0.25, -0.2) is 0 Å². The van der Waals surface area contributed by atoms with Gasteiger partial charge in [-0.2, -0.15) is 0 Å². The fraction of sp³-hybridized carbons (Fsp3) is 0.500. The Labute approximate surface area is 117 Å². The summed E-state index contributed by atoms with van der Waals surface area (Å²) in [6.07, 6.45) is 9.82. The Morgan fingerprint density at radius 3 is 1.65 bits per heavy atom. The Morgan fingerprint density at radius 2 is 1.29 bits per heavy atom. The molecule has 0 saturated carbocycles. The molecule has 0 aromatic rings. The first-order valence-corrected chi connectivity index (χ1v) is 9.18. The van der Waals surface area contributed by atoms with Crippen LogP contribution in [0, 0.1) is 0 Å². The predicted octanol–water partition coefficient (Wildman–Crippen LogP) is 5.10. The molecule has 0 heterocycles. The van der Waals surface area contributed by atoms with E-state index in [1.54, 1.807) is 28.9 Å². The first-order valence-electron chi connectivity index (χ1n) is 6.72. The van der Waals surface area contributed by atoms with Gasteiger partial charge in [0, 0.05) is 0 Å². The van der Waals surface area contributed by atoms with E-state index in [4.69, 9.17) is 0 Å². The molecule has 90 valence electrons. The minimum absolute atomic E-state index is 0.539. The van der Waals surface area contributed by atoms with Gasteiger partial charge in [0.15, 0.2) is 0 Å². The predicted molar refractivity (Wildman–Crippen MR) is 71.4 cm³/mol. The summed E-state index contributed by atoms with van der Waals surface area (Å²) in [5, 5.41) is 0. The van der Waals surface area contributed by atoms with Gasteiger partial charge >= 0.3 is 118 Å². The zero-order chi connectivity index (χ0) is 12.4. The molecular formula is C16H22Zr. The van der Waals surface area contributed by atoms with Crippen LogP contribution in [0.3, 0.4) is 0 Å². The molecule has 0 fully saturated rings. The van der Waals surface area contributed by atoms with Crippen molar-refractivity contribution in [2.24, 2.45) is 0 Å². The summed E-state index contributed by atoms with van der Waals surface area (Å²) in [5.74, 6) is 0. The Hall–Kier alpha value is -0.157. The van der Waals surface area contributed by atoms with Crippen molar-refractivity contribution in [3.63, 3.8) is 0 Å².